The van der Waals surface area contributed by atoms with Crippen LogP contribution in [-0.4, -0.2) is 4.98 Å². The van der Waals surface area contributed by atoms with Crippen molar-refractivity contribution in [2.75, 3.05) is 0 Å². The fourth-order valence-electron chi connectivity index (χ4n) is 6.95. The number of benzene rings is 1. The third-order valence-electron chi connectivity index (χ3n) is 8.42. The number of rotatable bonds is 3. The Bertz CT molecular complexity index is 891. The van der Waals surface area contributed by atoms with Gasteiger partial charge in [0, 0.05) is 16.6 Å². The van der Waals surface area contributed by atoms with Crippen molar-refractivity contribution in [1.82, 2.24) is 4.98 Å². The van der Waals surface area contributed by atoms with Crippen LogP contribution in [0.3, 0.4) is 0 Å². The first kappa shape index (κ1) is 21.4. The smallest absolute Gasteiger partial charge is 0.358 e. The van der Waals surface area contributed by atoms with Gasteiger partial charge in [0.25, 0.3) is 0 Å². The summed E-state index contributed by atoms with van der Waals surface area (Å²) < 4.78 is 42.8. The predicted octanol–water partition coefficient (Wildman–Crippen LogP) is 9.33. The quantitative estimate of drug-likeness (QED) is 0.498. The molecule has 31 heavy (non-hydrogen) atoms. The number of fused-ring (bicyclic) bond motifs is 1. The van der Waals surface area contributed by atoms with Crippen LogP contribution < -0.4 is 0 Å². The van der Waals surface area contributed by atoms with Gasteiger partial charge in [-0.3, -0.25) is 0 Å². The van der Waals surface area contributed by atoms with Crippen LogP contribution in [0.15, 0.2) is 12.1 Å². The first-order valence-electron chi connectivity index (χ1n) is 12.8. The second-order valence-electron chi connectivity index (χ2n) is 10.4. The summed E-state index contributed by atoms with van der Waals surface area (Å²) in [6, 6.07) is 3.11. The van der Waals surface area contributed by atoms with Crippen molar-refractivity contribution >= 4 is 10.9 Å². The first-order chi connectivity index (χ1) is 15.0. The van der Waals surface area contributed by atoms with E-state index in [1.54, 1.807) is 6.07 Å². The molecule has 1 aromatic carbocycles. The SMILES string of the molecule is FC(F)(F)c1ccc2[nH]c(C3CCCCC3)c(C3CCCCC3)c2c1C1CCCCC1. The Kier molecular flexibility index (Phi) is 6.09. The molecule has 1 heterocycles. The van der Waals surface area contributed by atoms with Crippen LogP contribution >= 0.6 is 0 Å². The predicted molar refractivity (Wildman–Crippen MR) is 121 cm³/mol. The monoisotopic (exact) mass is 431 g/mol. The average molecular weight is 432 g/mol. The molecule has 3 fully saturated rings. The highest BCUT2D eigenvalue weighted by Crippen LogP contribution is 2.50. The summed E-state index contributed by atoms with van der Waals surface area (Å²) >= 11 is 0. The molecule has 3 saturated carbocycles. The Hall–Kier alpha value is -1.45. The fourth-order valence-corrected chi connectivity index (χ4v) is 6.95. The molecule has 0 aliphatic heterocycles. The minimum absolute atomic E-state index is 0.0476. The third kappa shape index (κ3) is 4.16. The number of aromatic nitrogens is 1. The molecule has 0 radical (unpaired) electrons. The molecule has 1 aromatic heterocycles. The molecular weight excluding hydrogens is 395 g/mol. The van der Waals surface area contributed by atoms with Gasteiger partial charge in [0.1, 0.15) is 0 Å². The van der Waals surface area contributed by atoms with E-state index in [9.17, 15) is 13.2 Å². The molecule has 0 spiro atoms. The van der Waals surface area contributed by atoms with E-state index in [1.807, 2.05) is 0 Å². The molecule has 0 amide bonds. The van der Waals surface area contributed by atoms with E-state index >= 15 is 0 Å². The number of aromatic amines is 1. The number of nitrogens with one attached hydrogen (secondary N) is 1. The van der Waals surface area contributed by atoms with Crippen molar-refractivity contribution in [3.63, 3.8) is 0 Å². The van der Waals surface area contributed by atoms with Gasteiger partial charge in [-0.05, 0) is 79.5 Å². The zero-order valence-corrected chi connectivity index (χ0v) is 18.6. The third-order valence-corrected chi connectivity index (χ3v) is 8.42. The lowest BCUT2D eigenvalue weighted by Crippen LogP contribution is -2.16. The van der Waals surface area contributed by atoms with Crippen molar-refractivity contribution in [2.45, 2.75) is 120 Å². The van der Waals surface area contributed by atoms with Crippen LogP contribution in [0.5, 0.6) is 0 Å². The van der Waals surface area contributed by atoms with E-state index in [-0.39, 0.29) is 11.5 Å². The molecule has 0 saturated heterocycles. The van der Waals surface area contributed by atoms with Crippen molar-refractivity contribution in [1.29, 1.82) is 0 Å². The van der Waals surface area contributed by atoms with Crippen molar-refractivity contribution in [2.24, 2.45) is 0 Å². The number of halogens is 3. The van der Waals surface area contributed by atoms with Gasteiger partial charge in [0.15, 0.2) is 0 Å². The van der Waals surface area contributed by atoms with Gasteiger partial charge >= 0.3 is 6.18 Å². The minimum atomic E-state index is -4.28. The van der Waals surface area contributed by atoms with Crippen LogP contribution in [-0.2, 0) is 6.18 Å². The summed E-state index contributed by atoms with van der Waals surface area (Å²) in [6.45, 7) is 0. The molecule has 0 atom stereocenters. The fraction of sp³-hybridized carbons (Fsp3) is 0.704. The Morgan fingerprint density at radius 2 is 1.10 bits per heavy atom. The van der Waals surface area contributed by atoms with Crippen LogP contribution in [0, 0.1) is 0 Å². The molecular formula is C27H36F3N. The van der Waals surface area contributed by atoms with Gasteiger partial charge in [-0.25, -0.2) is 0 Å². The maximum absolute atomic E-state index is 14.3. The number of H-pyrrole nitrogens is 1. The summed E-state index contributed by atoms with van der Waals surface area (Å²) in [6.07, 6.45) is 12.9. The van der Waals surface area contributed by atoms with Gasteiger partial charge in [-0.15, -0.1) is 0 Å². The van der Waals surface area contributed by atoms with E-state index in [1.165, 1.54) is 68.7 Å². The largest absolute Gasteiger partial charge is 0.416 e. The highest BCUT2D eigenvalue weighted by molar-refractivity contribution is 5.90. The van der Waals surface area contributed by atoms with E-state index in [0.717, 1.165) is 55.8 Å². The van der Waals surface area contributed by atoms with E-state index in [4.69, 9.17) is 0 Å². The summed E-state index contributed by atoms with van der Waals surface area (Å²) in [5.74, 6) is 0.961. The van der Waals surface area contributed by atoms with Crippen molar-refractivity contribution < 1.29 is 13.2 Å². The van der Waals surface area contributed by atoms with Crippen LogP contribution in [0.2, 0.25) is 0 Å². The first-order valence-corrected chi connectivity index (χ1v) is 12.8. The molecule has 1 nitrogen and oxygen atoms in total. The Labute approximate surface area is 184 Å². The maximum atomic E-state index is 14.3. The lowest BCUT2D eigenvalue weighted by Gasteiger charge is -2.30. The van der Waals surface area contributed by atoms with Crippen molar-refractivity contribution in [3.8, 4) is 0 Å². The van der Waals surface area contributed by atoms with Gasteiger partial charge in [0.2, 0.25) is 0 Å². The molecule has 2 aromatic rings. The van der Waals surface area contributed by atoms with Crippen LogP contribution in [0.25, 0.3) is 10.9 Å². The molecule has 3 aliphatic rings. The number of hydrogen-bond acceptors (Lipinski definition) is 0. The lowest BCUT2D eigenvalue weighted by atomic mass is 9.75. The molecule has 5 rings (SSSR count). The minimum Gasteiger partial charge on any atom is -0.358 e. The van der Waals surface area contributed by atoms with Crippen LogP contribution in [0.1, 0.15) is 136 Å². The summed E-state index contributed by atoms with van der Waals surface area (Å²) in [5, 5.41) is 0.981. The summed E-state index contributed by atoms with van der Waals surface area (Å²) in [7, 11) is 0. The van der Waals surface area contributed by atoms with E-state index in [2.05, 4.69) is 4.98 Å². The Balaban J connectivity index is 1.74. The summed E-state index contributed by atoms with van der Waals surface area (Å²) in [5.41, 5.74) is 3.85. The zero-order chi connectivity index (χ0) is 21.4. The highest BCUT2D eigenvalue weighted by atomic mass is 19.4. The molecule has 170 valence electrons. The molecule has 0 unspecified atom stereocenters. The van der Waals surface area contributed by atoms with Gasteiger partial charge < -0.3 is 4.98 Å². The Morgan fingerprint density at radius 1 is 0.613 bits per heavy atom. The van der Waals surface area contributed by atoms with Crippen LogP contribution in [0.4, 0.5) is 13.2 Å². The van der Waals surface area contributed by atoms with Gasteiger partial charge in [0.05, 0.1) is 5.56 Å². The second-order valence-corrected chi connectivity index (χ2v) is 10.4. The lowest BCUT2D eigenvalue weighted by molar-refractivity contribution is -0.138. The van der Waals surface area contributed by atoms with E-state index < -0.39 is 6.18 Å². The Morgan fingerprint density at radius 3 is 1.61 bits per heavy atom. The maximum Gasteiger partial charge on any atom is 0.416 e. The molecule has 3 aliphatic carbocycles. The number of alkyl halides is 3. The average Bonchev–Trinajstić information content (AvgIpc) is 3.19. The van der Waals surface area contributed by atoms with E-state index in [0.29, 0.717) is 17.4 Å². The second kappa shape index (κ2) is 8.83. The zero-order valence-electron chi connectivity index (χ0n) is 18.6. The highest BCUT2D eigenvalue weighted by Gasteiger charge is 2.39. The molecule has 1 N–H and O–H groups in total. The summed E-state index contributed by atoms with van der Waals surface area (Å²) in [4.78, 5) is 3.72. The number of hydrogen-bond donors (Lipinski definition) is 1. The topological polar surface area (TPSA) is 15.8 Å². The molecule has 0 bridgehead atoms. The van der Waals surface area contributed by atoms with Gasteiger partial charge in [-0.2, -0.15) is 13.2 Å². The van der Waals surface area contributed by atoms with Gasteiger partial charge in [-0.1, -0.05) is 57.8 Å². The van der Waals surface area contributed by atoms with Crippen molar-refractivity contribution in [3.05, 3.63) is 34.5 Å². The molecule has 4 heteroatoms. The normalized spacial score (nSPS) is 22.9. The standard InChI is InChI=1S/C27H36F3N/c28-27(29,30)21-16-17-22-25(23(21)18-10-4-1-5-11-18)24(19-12-6-2-7-13-19)26(31-22)20-14-8-3-9-15-20/h16-20,31H,1-15H2.